The number of hydrogen-bond donors (Lipinski definition) is 1. The number of carbonyl (C=O) groups excluding carboxylic acids is 1. The Morgan fingerprint density at radius 2 is 2.21 bits per heavy atom. The molecule has 3 heterocycles. The van der Waals surface area contributed by atoms with Gasteiger partial charge in [0, 0.05) is 28.9 Å². The molecule has 0 spiro atoms. The van der Waals surface area contributed by atoms with Crippen LogP contribution in [0.2, 0.25) is 0 Å². The molecule has 6 nitrogen and oxygen atoms in total. The van der Waals surface area contributed by atoms with Crippen LogP contribution in [0.1, 0.15) is 36.1 Å². The number of aromatic nitrogens is 3. The van der Waals surface area contributed by atoms with E-state index in [1.54, 1.807) is 23.7 Å². The molecule has 144 valence electrons. The Morgan fingerprint density at radius 3 is 3.04 bits per heavy atom. The lowest BCUT2D eigenvalue weighted by atomic mass is 10.1. The minimum atomic E-state index is -0.107. The van der Waals surface area contributed by atoms with Crippen LogP contribution in [0.25, 0.3) is 21.6 Å². The molecule has 5 rings (SSSR count). The molecule has 7 heteroatoms. The Hall–Kier alpha value is -2.54. The zero-order valence-corrected chi connectivity index (χ0v) is 16.6. The lowest BCUT2D eigenvalue weighted by Gasteiger charge is -2.16. The van der Waals surface area contributed by atoms with Crippen molar-refractivity contribution in [3.63, 3.8) is 0 Å². The summed E-state index contributed by atoms with van der Waals surface area (Å²) in [5.74, 6) is 1.47. The molecular formula is C21H22N4O2S. The van der Waals surface area contributed by atoms with Crippen LogP contribution in [0.15, 0.2) is 24.5 Å². The summed E-state index contributed by atoms with van der Waals surface area (Å²) in [7, 11) is 1.46. The zero-order chi connectivity index (χ0) is 19.1. The highest BCUT2D eigenvalue weighted by molar-refractivity contribution is 7.19. The zero-order valence-electron chi connectivity index (χ0n) is 15.8. The summed E-state index contributed by atoms with van der Waals surface area (Å²) in [5, 5.41) is 4.82. The van der Waals surface area contributed by atoms with Crippen LogP contribution < -0.4 is 5.32 Å². The molecule has 1 N–H and O–H groups in total. The van der Waals surface area contributed by atoms with Crippen molar-refractivity contribution in [3.05, 3.63) is 35.0 Å². The van der Waals surface area contributed by atoms with Gasteiger partial charge in [-0.2, -0.15) is 0 Å². The van der Waals surface area contributed by atoms with Gasteiger partial charge < -0.3 is 10.1 Å². The highest BCUT2D eigenvalue weighted by Gasteiger charge is 2.32. The number of carbonyl (C=O) groups is 1. The van der Waals surface area contributed by atoms with Crippen LogP contribution >= 0.6 is 11.3 Å². The molecule has 1 saturated carbocycles. The molecule has 0 aliphatic heterocycles. The first-order valence-corrected chi connectivity index (χ1v) is 10.6. The third-order valence-electron chi connectivity index (χ3n) is 5.79. The van der Waals surface area contributed by atoms with E-state index in [0.717, 1.165) is 48.3 Å². The number of methoxy groups -OCH3 is 1. The van der Waals surface area contributed by atoms with E-state index in [4.69, 9.17) is 14.7 Å². The van der Waals surface area contributed by atoms with Gasteiger partial charge in [0.1, 0.15) is 10.6 Å². The van der Waals surface area contributed by atoms with Gasteiger partial charge in [0.15, 0.2) is 5.82 Å². The van der Waals surface area contributed by atoms with Crippen molar-refractivity contribution < 1.29 is 9.53 Å². The second-order valence-corrected chi connectivity index (χ2v) is 8.63. The molecule has 3 aromatic heterocycles. The summed E-state index contributed by atoms with van der Waals surface area (Å²) in [4.78, 5) is 28.4. The van der Waals surface area contributed by atoms with E-state index >= 15 is 0 Å². The van der Waals surface area contributed by atoms with Gasteiger partial charge in [-0.3, -0.25) is 9.78 Å². The van der Waals surface area contributed by atoms with E-state index in [1.165, 1.54) is 29.4 Å². The summed E-state index contributed by atoms with van der Waals surface area (Å²) >= 11 is 1.79. The predicted octanol–water partition coefficient (Wildman–Crippen LogP) is 4.00. The number of nitrogens with zero attached hydrogens (tertiary/aromatic N) is 3. The maximum absolute atomic E-state index is 11.9. The number of esters is 1. The molecule has 3 aromatic rings. The monoisotopic (exact) mass is 394 g/mol. The maximum atomic E-state index is 11.9. The topological polar surface area (TPSA) is 77.0 Å². The highest BCUT2D eigenvalue weighted by atomic mass is 32.1. The Bertz CT molecular complexity index is 1030. The van der Waals surface area contributed by atoms with Crippen LogP contribution in [0, 0.1) is 5.92 Å². The van der Waals surface area contributed by atoms with Gasteiger partial charge in [0.25, 0.3) is 0 Å². The van der Waals surface area contributed by atoms with Crippen LogP contribution in [0.4, 0.5) is 5.82 Å². The Morgan fingerprint density at radius 1 is 1.29 bits per heavy atom. The van der Waals surface area contributed by atoms with Crippen LogP contribution in [0.5, 0.6) is 0 Å². The van der Waals surface area contributed by atoms with Gasteiger partial charge in [-0.15, -0.1) is 11.3 Å². The number of hydrogen-bond acceptors (Lipinski definition) is 7. The molecule has 0 unspecified atom stereocenters. The molecule has 1 fully saturated rings. The van der Waals surface area contributed by atoms with Crippen molar-refractivity contribution in [3.8, 4) is 11.4 Å². The fourth-order valence-corrected chi connectivity index (χ4v) is 5.67. The lowest BCUT2D eigenvalue weighted by molar-refractivity contribution is -0.145. The van der Waals surface area contributed by atoms with Crippen LogP contribution in [-0.4, -0.2) is 34.1 Å². The third kappa shape index (κ3) is 3.03. The van der Waals surface area contributed by atoms with Crippen molar-refractivity contribution >= 4 is 33.3 Å². The Balaban J connectivity index is 1.54. The first kappa shape index (κ1) is 17.6. The SMILES string of the molecule is COC(=O)[C@H]1CC[C@@H](Nc2nc(-c3cccnc3)nc3sc4c(c23)CCC4)C1. The summed E-state index contributed by atoms with van der Waals surface area (Å²) in [6.45, 7) is 0. The second kappa shape index (κ2) is 7.13. The number of fused-ring (bicyclic) bond motifs is 3. The van der Waals surface area contributed by atoms with E-state index in [-0.39, 0.29) is 17.9 Å². The largest absolute Gasteiger partial charge is 0.469 e. The van der Waals surface area contributed by atoms with Crippen LogP contribution in [0.3, 0.4) is 0 Å². The van der Waals surface area contributed by atoms with E-state index in [1.807, 2.05) is 12.1 Å². The molecular weight excluding hydrogens is 372 g/mol. The molecule has 2 aliphatic rings. The first-order valence-electron chi connectivity index (χ1n) is 9.80. The van der Waals surface area contributed by atoms with Gasteiger partial charge >= 0.3 is 5.97 Å². The first-order chi connectivity index (χ1) is 13.7. The fourth-order valence-electron chi connectivity index (χ4n) is 4.41. The van der Waals surface area contributed by atoms with Gasteiger partial charge in [-0.05, 0) is 56.2 Å². The number of anilines is 1. The molecule has 0 radical (unpaired) electrons. The van der Waals surface area contributed by atoms with Crippen molar-refractivity contribution in [1.29, 1.82) is 0 Å². The predicted molar refractivity (Wildman–Crippen MR) is 109 cm³/mol. The highest BCUT2D eigenvalue weighted by Crippen LogP contribution is 2.41. The number of aryl methyl sites for hydroxylation is 2. The van der Waals surface area contributed by atoms with Crippen molar-refractivity contribution in [2.75, 3.05) is 12.4 Å². The molecule has 2 atom stereocenters. The summed E-state index contributed by atoms with van der Waals surface area (Å²) < 4.78 is 4.93. The summed E-state index contributed by atoms with van der Waals surface area (Å²) in [5.41, 5.74) is 2.32. The average molecular weight is 395 g/mol. The Kier molecular flexibility index (Phi) is 4.47. The molecule has 0 aromatic carbocycles. The summed E-state index contributed by atoms with van der Waals surface area (Å²) in [6.07, 6.45) is 9.57. The van der Waals surface area contributed by atoms with E-state index in [0.29, 0.717) is 5.82 Å². The molecule has 28 heavy (non-hydrogen) atoms. The fraction of sp³-hybridized carbons (Fsp3) is 0.429. The number of nitrogens with one attached hydrogen (secondary N) is 1. The number of ether oxygens (including phenoxy) is 1. The van der Waals surface area contributed by atoms with E-state index in [9.17, 15) is 4.79 Å². The maximum Gasteiger partial charge on any atom is 0.308 e. The number of thiophene rings is 1. The standard InChI is InChI=1S/C21H22N4O2S/c1-27-21(26)12-7-8-14(10-12)23-19-17-15-5-2-6-16(15)28-20(17)25-18(24-19)13-4-3-9-22-11-13/h3-4,9,11-12,14H,2,5-8,10H2,1H3,(H,23,24,25)/t12-,14+/m0/s1. The minimum Gasteiger partial charge on any atom is -0.469 e. The minimum absolute atomic E-state index is 0.0224. The van der Waals surface area contributed by atoms with Gasteiger partial charge in [0.2, 0.25) is 0 Å². The molecule has 2 aliphatic carbocycles. The second-order valence-electron chi connectivity index (χ2n) is 7.55. The van der Waals surface area contributed by atoms with Crippen molar-refractivity contribution in [1.82, 2.24) is 15.0 Å². The third-order valence-corrected chi connectivity index (χ3v) is 6.98. The summed E-state index contributed by atoms with van der Waals surface area (Å²) in [6, 6.07) is 4.12. The quantitative estimate of drug-likeness (QED) is 0.674. The van der Waals surface area contributed by atoms with Gasteiger partial charge in [0.05, 0.1) is 18.4 Å². The van der Waals surface area contributed by atoms with Gasteiger partial charge in [-0.25, -0.2) is 9.97 Å². The number of rotatable bonds is 4. The molecule has 0 bridgehead atoms. The van der Waals surface area contributed by atoms with E-state index < -0.39 is 0 Å². The van der Waals surface area contributed by atoms with Crippen molar-refractivity contribution in [2.45, 2.75) is 44.6 Å². The Labute approximate surface area is 167 Å². The normalized spacial score (nSPS) is 21.0. The molecule has 0 saturated heterocycles. The smallest absolute Gasteiger partial charge is 0.308 e. The lowest BCUT2D eigenvalue weighted by Crippen LogP contribution is -2.20. The van der Waals surface area contributed by atoms with Crippen molar-refractivity contribution in [2.24, 2.45) is 5.92 Å². The molecule has 0 amide bonds. The van der Waals surface area contributed by atoms with Crippen LogP contribution in [-0.2, 0) is 22.4 Å². The number of pyridine rings is 1. The van der Waals surface area contributed by atoms with E-state index in [2.05, 4.69) is 10.3 Å². The van der Waals surface area contributed by atoms with Gasteiger partial charge in [-0.1, -0.05) is 0 Å². The average Bonchev–Trinajstić information content (AvgIpc) is 3.44.